The molecule has 1 aliphatic carbocycles. The highest BCUT2D eigenvalue weighted by atomic mass is 16.5. The van der Waals surface area contributed by atoms with E-state index < -0.39 is 0 Å². The van der Waals surface area contributed by atoms with E-state index >= 15 is 0 Å². The number of rotatable bonds is 7. The molecule has 5 rings (SSSR count). The van der Waals surface area contributed by atoms with Crippen molar-refractivity contribution in [3.8, 4) is 11.5 Å². The summed E-state index contributed by atoms with van der Waals surface area (Å²) in [6.45, 7) is 1.86. The lowest BCUT2D eigenvalue weighted by atomic mass is 9.95. The first-order valence-corrected chi connectivity index (χ1v) is 11.3. The minimum atomic E-state index is 0.0209. The van der Waals surface area contributed by atoms with Crippen LogP contribution < -0.4 is 9.47 Å². The van der Waals surface area contributed by atoms with Gasteiger partial charge in [-0.1, -0.05) is 30.3 Å². The molecule has 1 saturated carbocycles. The fraction of sp³-hybridized carbons (Fsp3) is 0.400. The van der Waals surface area contributed by atoms with E-state index in [9.17, 15) is 4.79 Å². The maximum atomic E-state index is 13.1. The molecule has 0 spiro atoms. The van der Waals surface area contributed by atoms with Gasteiger partial charge in [0, 0.05) is 30.5 Å². The highest BCUT2D eigenvalue weighted by Crippen LogP contribution is 2.38. The predicted octanol–water partition coefficient (Wildman–Crippen LogP) is 4.29. The van der Waals surface area contributed by atoms with Gasteiger partial charge in [0.2, 0.25) is 0 Å². The number of piperidine rings is 1. The summed E-state index contributed by atoms with van der Waals surface area (Å²) < 4.78 is 11.4. The van der Waals surface area contributed by atoms with E-state index in [0.29, 0.717) is 48.6 Å². The van der Waals surface area contributed by atoms with Crippen molar-refractivity contribution in [3.05, 3.63) is 71.3 Å². The normalized spacial score (nSPS) is 16.7. The maximum absolute atomic E-state index is 13.1. The molecule has 7 heteroatoms. The molecule has 1 saturated heterocycles. The second-order valence-corrected chi connectivity index (χ2v) is 8.56. The molecule has 1 aromatic heterocycles. The number of hydrogen-bond acceptors (Lipinski definition) is 5. The van der Waals surface area contributed by atoms with Gasteiger partial charge >= 0.3 is 0 Å². The lowest BCUT2D eigenvalue weighted by Gasteiger charge is -2.31. The van der Waals surface area contributed by atoms with Crippen molar-refractivity contribution in [2.24, 2.45) is 0 Å². The average molecular weight is 433 g/mol. The molecule has 7 nitrogen and oxygen atoms in total. The van der Waals surface area contributed by atoms with Crippen LogP contribution in [0.15, 0.2) is 48.5 Å². The second-order valence-electron chi connectivity index (χ2n) is 8.56. The number of aromatic amines is 1. The Bertz CT molecular complexity index is 1070. The van der Waals surface area contributed by atoms with Crippen molar-refractivity contribution < 1.29 is 14.3 Å². The monoisotopic (exact) mass is 432 g/mol. The van der Waals surface area contributed by atoms with Gasteiger partial charge in [0.15, 0.2) is 17.3 Å². The van der Waals surface area contributed by atoms with Gasteiger partial charge in [0.05, 0.1) is 7.11 Å². The van der Waals surface area contributed by atoms with E-state index in [1.807, 2.05) is 47.4 Å². The number of carbonyl (C=O) groups is 1. The van der Waals surface area contributed by atoms with E-state index in [0.717, 1.165) is 30.1 Å². The molecule has 1 aliphatic heterocycles. The molecule has 1 N–H and O–H groups in total. The van der Waals surface area contributed by atoms with Crippen molar-refractivity contribution >= 4 is 5.91 Å². The van der Waals surface area contributed by atoms with Crippen molar-refractivity contribution in [2.75, 3.05) is 20.2 Å². The molecule has 1 amide bonds. The number of nitrogens with zero attached hydrogens (tertiary/aromatic N) is 3. The van der Waals surface area contributed by atoms with Gasteiger partial charge in [-0.25, -0.2) is 4.98 Å². The molecule has 0 radical (unpaired) electrons. The summed E-state index contributed by atoms with van der Waals surface area (Å²) in [5.74, 6) is 4.03. The van der Waals surface area contributed by atoms with Crippen molar-refractivity contribution in [2.45, 2.75) is 44.1 Å². The first-order valence-electron chi connectivity index (χ1n) is 11.3. The van der Waals surface area contributed by atoms with Gasteiger partial charge in [-0.3, -0.25) is 9.89 Å². The Morgan fingerprint density at radius 1 is 1.03 bits per heavy atom. The van der Waals surface area contributed by atoms with Crippen LogP contribution in [-0.2, 0) is 6.61 Å². The largest absolute Gasteiger partial charge is 0.493 e. The van der Waals surface area contributed by atoms with Crippen LogP contribution >= 0.6 is 0 Å². The maximum Gasteiger partial charge on any atom is 0.253 e. The third-order valence-electron chi connectivity index (χ3n) is 6.28. The Hall–Kier alpha value is -3.35. The van der Waals surface area contributed by atoms with Gasteiger partial charge in [-0.15, -0.1) is 0 Å². The van der Waals surface area contributed by atoms with Crippen LogP contribution in [0.1, 0.15) is 65.1 Å². The van der Waals surface area contributed by atoms with Crippen LogP contribution in [0.25, 0.3) is 0 Å². The molecule has 2 fully saturated rings. The summed E-state index contributed by atoms with van der Waals surface area (Å²) in [4.78, 5) is 19.7. The van der Waals surface area contributed by atoms with E-state index in [-0.39, 0.29) is 5.91 Å². The molecule has 2 aromatic carbocycles. The van der Waals surface area contributed by atoms with Crippen LogP contribution in [0.3, 0.4) is 0 Å². The number of H-pyrrole nitrogens is 1. The summed E-state index contributed by atoms with van der Waals surface area (Å²) in [6.07, 6.45) is 4.18. The van der Waals surface area contributed by atoms with Crippen molar-refractivity contribution in [1.82, 2.24) is 20.1 Å². The Labute approximate surface area is 187 Å². The molecule has 32 heavy (non-hydrogen) atoms. The minimum Gasteiger partial charge on any atom is -0.493 e. The Morgan fingerprint density at radius 2 is 1.81 bits per heavy atom. The quantitative estimate of drug-likeness (QED) is 0.602. The van der Waals surface area contributed by atoms with E-state index in [2.05, 4.69) is 10.2 Å². The molecular weight excluding hydrogens is 404 g/mol. The van der Waals surface area contributed by atoms with Crippen LogP contribution in [-0.4, -0.2) is 46.2 Å². The number of methoxy groups -OCH3 is 1. The molecule has 0 unspecified atom stereocenters. The zero-order valence-electron chi connectivity index (χ0n) is 18.3. The number of likely N-dealkylation sites (tertiary alicyclic amines) is 1. The Kier molecular flexibility index (Phi) is 5.79. The molecule has 0 bridgehead atoms. The second kappa shape index (κ2) is 9.02. The Balaban J connectivity index is 1.20. The first kappa shape index (κ1) is 20.5. The zero-order chi connectivity index (χ0) is 21.9. The Morgan fingerprint density at radius 3 is 2.53 bits per heavy atom. The van der Waals surface area contributed by atoms with Crippen LogP contribution in [0.4, 0.5) is 0 Å². The smallest absolute Gasteiger partial charge is 0.253 e. The number of aromatic nitrogens is 3. The van der Waals surface area contributed by atoms with E-state index in [1.54, 1.807) is 13.2 Å². The number of benzene rings is 2. The molecule has 0 atom stereocenters. The molecular formula is C25H28N4O3. The minimum absolute atomic E-state index is 0.0209. The molecule has 2 heterocycles. The number of nitrogens with one attached hydrogen (secondary N) is 1. The molecule has 166 valence electrons. The van der Waals surface area contributed by atoms with Gasteiger partial charge < -0.3 is 14.4 Å². The highest BCUT2D eigenvalue weighted by Gasteiger charge is 2.31. The topological polar surface area (TPSA) is 80.3 Å². The number of amides is 1. The first-order chi connectivity index (χ1) is 15.7. The fourth-order valence-electron chi connectivity index (χ4n) is 4.19. The summed E-state index contributed by atoms with van der Waals surface area (Å²) in [6, 6.07) is 15.4. The van der Waals surface area contributed by atoms with Gasteiger partial charge in [-0.05, 0) is 49.4 Å². The van der Waals surface area contributed by atoms with Crippen LogP contribution in [0, 0.1) is 0 Å². The predicted molar refractivity (Wildman–Crippen MR) is 120 cm³/mol. The van der Waals surface area contributed by atoms with Gasteiger partial charge in [0.25, 0.3) is 5.91 Å². The number of carbonyl (C=O) groups excluding carboxylic acids is 1. The fourth-order valence-corrected chi connectivity index (χ4v) is 4.19. The van der Waals surface area contributed by atoms with Crippen LogP contribution in [0.2, 0.25) is 0 Å². The SMILES string of the molecule is COc1cc(C(=O)N2CCC(c3nc(C4CC4)n[nH]3)CC2)ccc1OCc1ccccc1. The third kappa shape index (κ3) is 4.47. The standard InChI is InChI=1S/C25H28N4O3/c1-31-22-15-20(9-10-21(22)32-16-17-5-3-2-4-6-17)25(30)29-13-11-19(12-14-29)24-26-23(27-28-24)18-7-8-18/h2-6,9-10,15,18-19H,7-8,11-14,16H2,1H3,(H,26,27,28). The third-order valence-corrected chi connectivity index (χ3v) is 6.28. The van der Waals surface area contributed by atoms with E-state index in [1.165, 1.54) is 12.8 Å². The average Bonchev–Trinajstić information content (AvgIpc) is 3.59. The van der Waals surface area contributed by atoms with Gasteiger partial charge in [0.1, 0.15) is 12.4 Å². The van der Waals surface area contributed by atoms with Gasteiger partial charge in [-0.2, -0.15) is 5.10 Å². The number of ether oxygens (including phenoxy) is 2. The molecule has 3 aromatic rings. The lowest BCUT2D eigenvalue weighted by Crippen LogP contribution is -2.38. The summed E-state index contributed by atoms with van der Waals surface area (Å²) in [5.41, 5.74) is 1.69. The summed E-state index contributed by atoms with van der Waals surface area (Å²) in [5, 5.41) is 7.50. The summed E-state index contributed by atoms with van der Waals surface area (Å²) >= 11 is 0. The lowest BCUT2D eigenvalue weighted by molar-refractivity contribution is 0.0710. The van der Waals surface area contributed by atoms with Crippen molar-refractivity contribution in [1.29, 1.82) is 0 Å². The van der Waals surface area contributed by atoms with Crippen molar-refractivity contribution in [3.63, 3.8) is 0 Å². The summed E-state index contributed by atoms with van der Waals surface area (Å²) in [7, 11) is 1.59. The van der Waals surface area contributed by atoms with E-state index in [4.69, 9.17) is 14.5 Å². The number of hydrogen-bond donors (Lipinski definition) is 1. The molecule has 2 aliphatic rings. The highest BCUT2D eigenvalue weighted by molar-refractivity contribution is 5.95. The van der Waals surface area contributed by atoms with Crippen LogP contribution in [0.5, 0.6) is 11.5 Å². The zero-order valence-corrected chi connectivity index (χ0v) is 18.3.